The molecule has 0 saturated carbocycles. The second-order valence-electron chi connectivity index (χ2n) is 6.42. The summed E-state index contributed by atoms with van der Waals surface area (Å²) >= 11 is 4.50. The topological polar surface area (TPSA) is 153 Å². The van der Waals surface area contributed by atoms with E-state index in [9.17, 15) is 9.59 Å². The van der Waals surface area contributed by atoms with Gasteiger partial charge in [0.1, 0.15) is 0 Å². The van der Waals surface area contributed by atoms with E-state index in [0.717, 1.165) is 41.1 Å². The van der Waals surface area contributed by atoms with Crippen LogP contribution in [0.2, 0.25) is 0 Å². The Morgan fingerprint density at radius 2 is 1.69 bits per heavy atom. The van der Waals surface area contributed by atoms with E-state index < -0.39 is 11.9 Å². The molecule has 0 radical (unpaired) electrons. The number of carboxylic acids is 2. The van der Waals surface area contributed by atoms with Crippen molar-refractivity contribution in [3.8, 4) is 0 Å². The molecule has 3 rings (SSSR count). The van der Waals surface area contributed by atoms with Gasteiger partial charge in [-0.2, -0.15) is 0 Å². The van der Waals surface area contributed by atoms with Crippen LogP contribution < -0.4 is 5.32 Å². The molecule has 0 aliphatic carbocycles. The van der Waals surface area contributed by atoms with E-state index in [-0.39, 0.29) is 11.7 Å². The summed E-state index contributed by atoms with van der Waals surface area (Å²) in [5, 5.41) is 28.1. The van der Waals surface area contributed by atoms with E-state index in [0.29, 0.717) is 18.2 Å². The van der Waals surface area contributed by atoms with E-state index in [1.54, 1.807) is 11.8 Å². The molecule has 1 amide bonds. The van der Waals surface area contributed by atoms with Gasteiger partial charge in [0.25, 0.3) is 0 Å². The minimum atomic E-state index is -1.82. The van der Waals surface area contributed by atoms with Crippen LogP contribution in [0, 0.1) is 0 Å². The Morgan fingerprint density at radius 3 is 2.22 bits per heavy atom. The van der Waals surface area contributed by atoms with Gasteiger partial charge < -0.3 is 10.2 Å². The number of carbonyl (C=O) groups excluding carboxylic acids is 2. The molecule has 0 spiro atoms. The molecule has 1 saturated heterocycles. The van der Waals surface area contributed by atoms with Crippen molar-refractivity contribution in [2.24, 2.45) is 0 Å². The zero-order valence-electron chi connectivity index (χ0n) is 17.2. The lowest BCUT2D eigenvalue weighted by Crippen LogP contribution is -2.49. The molecule has 1 aliphatic heterocycles. The number of nitrogens with one attached hydrogen (secondary N) is 1. The Balaban J connectivity index is 0.000000534. The van der Waals surface area contributed by atoms with E-state index in [1.165, 1.54) is 22.7 Å². The third kappa shape index (κ3) is 9.00. The molecule has 32 heavy (non-hydrogen) atoms. The third-order valence-electron chi connectivity index (χ3n) is 4.10. The molecule has 2 aromatic heterocycles. The van der Waals surface area contributed by atoms with Gasteiger partial charge in [0.2, 0.25) is 11.0 Å². The monoisotopic (exact) mass is 501 g/mol. The first-order chi connectivity index (χ1) is 15.3. The average molecular weight is 502 g/mol. The molecule has 0 bridgehead atoms. The number of thioether (sulfide) groups is 1. The molecule has 0 unspecified atom stereocenters. The van der Waals surface area contributed by atoms with E-state index in [2.05, 4.69) is 32.2 Å². The quantitative estimate of drug-likeness (QED) is 0.208. The molecule has 1 aliphatic rings. The molecule has 3 heterocycles. The summed E-state index contributed by atoms with van der Waals surface area (Å²) in [7, 11) is 0. The number of anilines is 1. The Morgan fingerprint density at radius 1 is 1.06 bits per heavy atom. The lowest BCUT2D eigenvalue weighted by molar-refractivity contribution is -0.159. The number of aliphatic carboxylic acids is 2. The number of rotatable bonds is 8. The number of carbonyl (C=O) groups is 4. The fourth-order valence-electron chi connectivity index (χ4n) is 2.63. The molecule has 1 fully saturated rings. The van der Waals surface area contributed by atoms with Gasteiger partial charge in [-0.05, 0) is 17.2 Å². The van der Waals surface area contributed by atoms with Crippen molar-refractivity contribution in [2.75, 3.05) is 50.3 Å². The maximum absolute atomic E-state index is 12.2. The largest absolute Gasteiger partial charge is 0.473 e. The maximum Gasteiger partial charge on any atom is 0.414 e. The summed E-state index contributed by atoms with van der Waals surface area (Å²) in [5.41, 5.74) is 0. The summed E-state index contributed by atoms with van der Waals surface area (Å²) in [4.78, 5) is 47.6. The van der Waals surface area contributed by atoms with Crippen LogP contribution in [0.1, 0.15) is 16.6 Å². The van der Waals surface area contributed by atoms with Gasteiger partial charge in [0, 0.05) is 26.2 Å². The highest BCUT2D eigenvalue weighted by molar-refractivity contribution is 8.01. The van der Waals surface area contributed by atoms with Crippen molar-refractivity contribution in [3.63, 3.8) is 0 Å². The summed E-state index contributed by atoms with van der Waals surface area (Å²) < 4.78 is 0.867. The summed E-state index contributed by atoms with van der Waals surface area (Å²) in [6, 6.07) is 3.77. The normalized spacial score (nSPS) is 14.3. The molecule has 0 aromatic carbocycles. The van der Waals surface area contributed by atoms with Crippen molar-refractivity contribution in [1.82, 2.24) is 20.0 Å². The molecule has 14 heteroatoms. The molecule has 2 aromatic rings. The highest BCUT2D eigenvalue weighted by Crippen LogP contribution is 2.24. The van der Waals surface area contributed by atoms with Crippen molar-refractivity contribution in [3.05, 3.63) is 22.4 Å². The van der Waals surface area contributed by atoms with Gasteiger partial charge in [0.15, 0.2) is 10.1 Å². The summed E-state index contributed by atoms with van der Waals surface area (Å²) in [5.74, 6) is -2.62. The second kappa shape index (κ2) is 13.2. The highest BCUT2D eigenvalue weighted by atomic mass is 32.2. The van der Waals surface area contributed by atoms with Gasteiger partial charge in [-0.25, -0.2) is 9.59 Å². The van der Waals surface area contributed by atoms with Gasteiger partial charge in [-0.1, -0.05) is 36.1 Å². The minimum absolute atomic E-state index is 0.0719. The Hall–Kier alpha value is -2.39. The van der Waals surface area contributed by atoms with Gasteiger partial charge in [0.05, 0.1) is 18.0 Å². The first kappa shape index (κ1) is 25.9. The first-order valence-electron chi connectivity index (χ1n) is 9.52. The number of piperazine rings is 1. The molecular weight excluding hydrogens is 478 g/mol. The van der Waals surface area contributed by atoms with Crippen LogP contribution in [0.4, 0.5) is 5.13 Å². The Kier molecular flexibility index (Phi) is 10.7. The fraction of sp³-hybridized carbons (Fsp3) is 0.444. The van der Waals surface area contributed by atoms with Crippen molar-refractivity contribution < 1.29 is 29.4 Å². The van der Waals surface area contributed by atoms with E-state index >= 15 is 0 Å². The molecule has 3 N–H and O–H groups in total. The summed E-state index contributed by atoms with van der Waals surface area (Å²) in [6.07, 6.45) is 0. The molecule has 174 valence electrons. The zero-order chi connectivity index (χ0) is 23.5. The predicted molar refractivity (Wildman–Crippen MR) is 122 cm³/mol. The van der Waals surface area contributed by atoms with Crippen LogP contribution in [0.15, 0.2) is 21.9 Å². The smallest absolute Gasteiger partial charge is 0.414 e. The number of hydrogen-bond donors (Lipinski definition) is 3. The molecule has 0 atom stereocenters. The first-order valence-corrected chi connectivity index (χ1v) is 12.2. The number of ketones is 1. The number of Topliss-reactive ketones (excluding diaryl/α,β-unsaturated/α-hetero) is 1. The SMILES string of the molecule is CCSc1nnc(NC(=O)CN2CCN(CC(=O)c3cccs3)CC2)s1.O=C(O)C(=O)O. The van der Waals surface area contributed by atoms with Crippen molar-refractivity contribution >= 4 is 63.2 Å². The van der Waals surface area contributed by atoms with Gasteiger partial charge in [-0.3, -0.25) is 24.7 Å². The predicted octanol–water partition coefficient (Wildman–Crippen LogP) is 1.31. The van der Waals surface area contributed by atoms with Crippen LogP contribution in [-0.4, -0.2) is 98.9 Å². The third-order valence-corrected chi connectivity index (χ3v) is 6.86. The minimum Gasteiger partial charge on any atom is -0.473 e. The standard InChI is InChI=1S/C16H21N5O2S3.C2H2O4/c1-2-24-16-19-18-15(26-16)17-14(23)11-21-7-5-20(6-8-21)10-12(22)13-4-3-9-25-13;3-1(4)2(5)6/h3-4,9H,2,5-8,10-11H2,1H3,(H,17,18,23);(H,3,4)(H,5,6). The Bertz CT molecular complexity index is 900. The number of nitrogens with zero attached hydrogens (tertiary/aromatic N) is 4. The lowest BCUT2D eigenvalue weighted by Gasteiger charge is -2.33. The van der Waals surface area contributed by atoms with E-state index in [1.807, 2.05) is 17.5 Å². The number of aromatic nitrogens is 2. The van der Waals surface area contributed by atoms with Crippen molar-refractivity contribution in [1.29, 1.82) is 0 Å². The zero-order valence-corrected chi connectivity index (χ0v) is 19.7. The maximum atomic E-state index is 12.2. The highest BCUT2D eigenvalue weighted by Gasteiger charge is 2.21. The number of thiophene rings is 1. The number of amides is 1. The summed E-state index contributed by atoms with van der Waals surface area (Å²) in [6.45, 7) is 5.97. The van der Waals surface area contributed by atoms with Crippen LogP contribution in [0.3, 0.4) is 0 Å². The van der Waals surface area contributed by atoms with Crippen LogP contribution in [0.25, 0.3) is 0 Å². The van der Waals surface area contributed by atoms with Gasteiger partial charge >= 0.3 is 11.9 Å². The fourth-order valence-corrected chi connectivity index (χ4v) is 4.95. The second-order valence-corrected chi connectivity index (χ2v) is 9.85. The van der Waals surface area contributed by atoms with Gasteiger partial charge in [-0.15, -0.1) is 21.5 Å². The van der Waals surface area contributed by atoms with Crippen molar-refractivity contribution in [2.45, 2.75) is 11.3 Å². The van der Waals surface area contributed by atoms with Crippen LogP contribution in [-0.2, 0) is 14.4 Å². The average Bonchev–Trinajstić information content (AvgIpc) is 3.42. The van der Waals surface area contributed by atoms with Crippen LogP contribution in [0.5, 0.6) is 0 Å². The van der Waals surface area contributed by atoms with Crippen LogP contribution >= 0.6 is 34.4 Å². The lowest BCUT2D eigenvalue weighted by atomic mass is 10.2. The van der Waals surface area contributed by atoms with E-state index in [4.69, 9.17) is 19.8 Å². The molecular formula is C18H23N5O6S3. The Labute approximate surface area is 196 Å². The molecule has 11 nitrogen and oxygen atoms in total. The number of carboxylic acid groups (broad SMARTS) is 2. The number of hydrogen-bond acceptors (Lipinski definition) is 11.